The van der Waals surface area contributed by atoms with Gasteiger partial charge >= 0.3 is 0 Å². The number of fused-ring (bicyclic) bond motifs is 2. The molecule has 0 fully saturated rings. The molecule has 0 N–H and O–H groups in total. The molecule has 3 heterocycles. The minimum absolute atomic E-state index is 0.143. The van der Waals surface area contributed by atoms with Crippen LogP contribution in [-0.2, 0) is 17.7 Å². The van der Waals surface area contributed by atoms with E-state index in [9.17, 15) is 9.59 Å². The summed E-state index contributed by atoms with van der Waals surface area (Å²) in [5.74, 6) is 0.0442. The molecule has 2 aromatic rings. The van der Waals surface area contributed by atoms with Crippen LogP contribution < -0.4 is 4.90 Å². The third-order valence-electron chi connectivity index (χ3n) is 5.01. The van der Waals surface area contributed by atoms with Crippen LogP contribution in [0.25, 0.3) is 0 Å². The van der Waals surface area contributed by atoms with Gasteiger partial charge < -0.3 is 19.1 Å². The van der Waals surface area contributed by atoms with Crippen molar-refractivity contribution in [2.45, 2.75) is 19.4 Å². The number of carbonyl (C=O) groups excluding carboxylic acids is 2. The van der Waals surface area contributed by atoms with Gasteiger partial charge in [-0.2, -0.15) is 0 Å². The Kier molecular flexibility index (Phi) is 4.46. The molecule has 2 aliphatic heterocycles. The van der Waals surface area contributed by atoms with Crippen LogP contribution in [0.2, 0.25) is 0 Å². The Morgan fingerprint density at radius 3 is 2.92 bits per heavy atom. The molecule has 1 aromatic heterocycles. The van der Waals surface area contributed by atoms with Gasteiger partial charge in [0.1, 0.15) is 5.69 Å². The van der Waals surface area contributed by atoms with Crippen LogP contribution in [0, 0.1) is 0 Å². The van der Waals surface area contributed by atoms with Gasteiger partial charge in [0, 0.05) is 45.2 Å². The number of aryl methyl sites for hydroxylation is 1. The van der Waals surface area contributed by atoms with Gasteiger partial charge in [0.2, 0.25) is 0 Å². The summed E-state index contributed by atoms with van der Waals surface area (Å²) in [6, 6.07) is 7.97. The molecule has 1 aromatic carbocycles. The van der Waals surface area contributed by atoms with Crippen molar-refractivity contribution in [3.63, 3.8) is 0 Å². The molecule has 0 saturated carbocycles. The van der Waals surface area contributed by atoms with Crippen molar-refractivity contribution in [3.05, 3.63) is 47.5 Å². The molecule has 7 heteroatoms. The number of amides is 2. The van der Waals surface area contributed by atoms with Gasteiger partial charge in [0.25, 0.3) is 11.8 Å². The lowest BCUT2D eigenvalue weighted by Crippen LogP contribution is -2.42. The Bertz CT molecular complexity index is 845. The summed E-state index contributed by atoms with van der Waals surface area (Å²) in [7, 11) is 1.61. The zero-order chi connectivity index (χ0) is 18.1. The number of nitrogens with zero attached hydrogens (tertiary/aromatic N) is 4. The van der Waals surface area contributed by atoms with Crippen molar-refractivity contribution in [1.29, 1.82) is 0 Å². The Hall–Kier alpha value is -2.67. The molecule has 7 nitrogen and oxygen atoms in total. The fraction of sp³-hybridized carbons (Fsp3) is 0.421. The largest absolute Gasteiger partial charge is 0.383 e. The highest BCUT2D eigenvalue weighted by atomic mass is 16.5. The van der Waals surface area contributed by atoms with Gasteiger partial charge in [0.15, 0.2) is 5.82 Å². The van der Waals surface area contributed by atoms with E-state index in [0.29, 0.717) is 44.3 Å². The number of carbonyl (C=O) groups is 2. The van der Waals surface area contributed by atoms with E-state index in [1.807, 2.05) is 18.2 Å². The van der Waals surface area contributed by atoms with Crippen LogP contribution >= 0.6 is 0 Å². The summed E-state index contributed by atoms with van der Waals surface area (Å²) in [4.78, 5) is 33.5. The van der Waals surface area contributed by atoms with Gasteiger partial charge in [-0.1, -0.05) is 18.2 Å². The Morgan fingerprint density at radius 1 is 1.23 bits per heavy atom. The molecule has 0 atom stereocenters. The number of para-hydroxylation sites is 1. The van der Waals surface area contributed by atoms with Gasteiger partial charge in [-0.15, -0.1) is 0 Å². The van der Waals surface area contributed by atoms with E-state index >= 15 is 0 Å². The number of methoxy groups -OCH3 is 1. The second kappa shape index (κ2) is 6.92. The van der Waals surface area contributed by atoms with E-state index in [4.69, 9.17) is 4.74 Å². The lowest BCUT2D eigenvalue weighted by Gasteiger charge is -2.28. The zero-order valence-corrected chi connectivity index (χ0v) is 14.9. The topological polar surface area (TPSA) is 67.7 Å². The van der Waals surface area contributed by atoms with Crippen molar-refractivity contribution in [2.75, 3.05) is 38.3 Å². The monoisotopic (exact) mass is 354 g/mol. The van der Waals surface area contributed by atoms with E-state index in [1.165, 1.54) is 5.56 Å². The minimum atomic E-state index is -0.147. The second-order valence-electron chi connectivity index (χ2n) is 6.62. The van der Waals surface area contributed by atoms with Crippen molar-refractivity contribution < 1.29 is 14.3 Å². The lowest BCUT2D eigenvalue weighted by atomic mass is 10.0. The highest BCUT2D eigenvalue weighted by Gasteiger charge is 2.30. The highest BCUT2D eigenvalue weighted by Crippen LogP contribution is 2.28. The number of imidazole rings is 1. The molecule has 0 aliphatic carbocycles. The third-order valence-corrected chi connectivity index (χ3v) is 5.01. The number of rotatable bonds is 4. The Labute approximate surface area is 152 Å². The molecular formula is C19H22N4O3. The normalized spacial score (nSPS) is 16.4. The SMILES string of the molecule is COCCN1CCn2cc(C(=O)N3CCCc4ccccc43)nc2C1=O. The molecule has 4 rings (SSSR count). The summed E-state index contributed by atoms with van der Waals surface area (Å²) in [6.45, 7) is 2.94. The van der Waals surface area contributed by atoms with Crippen molar-refractivity contribution in [2.24, 2.45) is 0 Å². The van der Waals surface area contributed by atoms with E-state index in [2.05, 4.69) is 11.1 Å². The predicted molar refractivity (Wildman–Crippen MR) is 96.4 cm³/mol. The number of ether oxygens (including phenoxy) is 1. The molecular weight excluding hydrogens is 332 g/mol. The van der Waals surface area contributed by atoms with Crippen LogP contribution in [0.15, 0.2) is 30.5 Å². The van der Waals surface area contributed by atoms with Crippen LogP contribution in [-0.4, -0.2) is 59.6 Å². The standard InChI is InChI=1S/C19H22N4O3/c1-26-12-11-21-9-10-22-13-15(20-17(22)19(21)25)18(24)23-8-4-6-14-5-2-3-7-16(14)23/h2-3,5,7,13H,4,6,8-12H2,1H3. The summed E-state index contributed by atoms with van der Waals surface area (Å²) in [5.41, 5.74) is 2.46. The maximum Gasteiger partial charge on any atom is 0.290 e. The smallest absolute Gasteiger partial charge is 0.290 e. The molecule has 0 saturated heterocycles. The van der Waals surface area contributed by atoms with Gasteiger partial charge in [-0.25, -0.2) is 4.98 Å². The van der Waals surface area contributed by atoms with Gasteiger partial charge in [0.05, 0.1) is 6.61 Å². The maximum absolute atomic E-state index is 13.0. The number of hydrogen-bond acceptors (Lipinski definition) is 4. The fourth-order valence-corrected chi connectivity index (χ4v) is 3.63. The van der Waals surface area contributed by atoms with E-state index in [1.54, 1.807) is 27.7 Å². The molecule has 136 valence electrons. The second-order valence-corrected chi connectivity index (χ2v) is 6.62. The summed E-state index contributed by atoms with van der Waals surface area (Å²) in [6.07, 6.45) is 3.62. The highest BCUT2D eigenvalue weighted by molar-refractivity contribution is 6.06. The molecule has 0 radical (unpaired) electrons. The van der Waals surface area contributed by atoms with E-state index in [0.717, 1.165) is 18.5 Å². The number of hydrogen-bond donors (Lipinski definition) is 0. The summed E-state index contributed by atoms with van der Waals surface area (Å²) < 4.78 is 6.84. The van der Waals surface area contributed by atoms with E-state index < -0.39 is 0 Å². The first-order chi connectivity index (χ1) is 12.7. The molecule has 0 spiro atoms. The zero-order valence-electron chi connectivity index (χ0n) is 14.9. The van der Waals surface area contributed by atoms with Crippen LogP contribution in [0.4, 0.5) is 5.69 Å². The minimum Gasteiger partial charge on any atom is -0.383 e. The van der Waals surface area contributed by atoms with E-state index in [-0.39, 0.29) is 11.8 Å². The van der Waals surface area contributed by atoms with Crippen molar-refractivity contribution >= 4 is 17.5 Å². The fourth-order valence-electron chi connectivity index (χ4n) is 3.63. The first-order valence-electron chi connectivity index (χ1n) is 8.94. The van der Waals surface area contributed by atoms with Crippen LogP contribution in [0.3, 0.4) is 0 Å². The van der Waals surface area contributed by atoms with Crippen molar-refractivity contribution in [3.8, 4) is 0 Å². The average molecular weight is 354 g/mol. The summed E-state index contributed by atoms with van der Waals surface area (Å²) >= 11 is 0. The third kappa shape index (κ3) is 2.88. The molecule has 0 unspecified atom stereocenters. The van der Waals surface area contributed by atoms with Crippen LogP contribution in [0.5, 0.6) is 0 Å². The molecule has 26 heavy (non-hydrogen) atoms. The van der Waals surface area contributed by atoms with Crippen molar-refractivity contribution in [1.82, 2.24) is 14.5 Å². The first-order valence-corrected chi connectivity index (χ1v) is 8.94. The van der Waals surface area contributed by atoms with Gasteiger partial charge in [-0.3, -0.25) is 9.59 Å². The quantitative estimate of drug-likeness (QED) is 0.836. The number of aromatic nitrogens is 2. The lowest BCUT2D eigenvalue weighted by molar-refractivity contribution is 0.0633. The Balaban J connectivity index is 1.59. The molecule has 2 amide bonds. The maximum atomic E-state index is 13.0. The van der Waals surface area contributed by atoms with Crippen LogP contribution in [0.1, 0.15) is 33.1 Å². The Morgan fingerprint density at radius 2 is 2.08 bits per heavy atom. The number of anilines is 1. The molecule has 2 aliphatic rings. The first kappa shape index (κ1) is 16.8. The summed E-state index contributed by atoms with van der Waals surface area (Å²) in [5, 5.41) is 0. The van der Waals surface area contributed by atoms with Gasteiger partial charge in [-0.05, 0) is 24.5 Å². The molecule has 0 bridgehead atoms. The number of benzene rings is 1. The predicted octanol–water partition coefficient (Wildman–Crippen LogP) is 1.58. The average Bonchev–Trinajstić information content (AvgIpc) is 3.12.